The first-order chi connectivity index (χ1) is 7.69. The molecule has 0 unspecified atom stereocenters. The number of aryl methyl sites for hydroxylation is 1. The molecule has 16 heavy (non-hydrogen) atoms. The van der Waals surface area contributed by atoms with Gasteiger partial charge in [-0.25, -0.2) is 0 Å². The summed E-state index contributed by atoms with van der Waals surface area (Å²) in [6, 6.07) is 5.65. The number of ether oxygens (including phenoxy) is 1. The van der Waals surface area contributed by atoms with Crippen molar-refractivity contribution in [2.75, 3.05) is 14.2 Å². The molecule has 4 nitrogen and oxygen atoms in total. The molecule has 0 saturated heterocycles. The molecule has 1 aromatic carbocycles. The number of methoxy groups -OCH3 is 1. The van der Waals surface area contributed by atoms with Crippen molar-refractivity contribution >= 4 is 16.8 Å². The standard InChI is InChI=1S/C12H14N2O2/c1-7-10(12(15)13-2)8-5-4-6-9(16-3)11(8)14-7/h4-6,14H,1-3H3,(H,13,15). The van der Waals surface area contributed by atoms with Gasteiger partial charge in [0.25, 0.3) is 5.91 Å². The van der Waals surface area contributed by atoms with E-state index in [4.69, 9.17) is 4.74 Å². The van der Waals surface area contributed by atoms with Crippen LogP contribution in [0.25, 0.3) is 10.9 Å². The molecule has 0 bridgehead atoms. The van der Waals surface area contributed by atoms with Gasteiger partial charge in [0.2, 0.25) is 0 Å². The van der Waals surface area contributed by atoms with Crippen LogP contribution < -0.4 is 10.1 Å². The van der Waals surface area contributed by atoms with Crippen LogP contribution in [0, 0.1) is 6.92 Å². The zero-order valence-electron chi connectivity index (χ0n) is 9.55. The minimum Gasteiger partial charge on any atom is -0.495 e. The van der Waals surface area contributed by atoms with Gasteiger partial charge in [-0.2, -0.15) is 0 Å². The Hall–Kier alpha value is -1.97. The number of hydrogen-bond acceptors (Lipinski definition) is 2. The van der Waals surface area contributed by atoms with Crippen molar-refractivity contribution in [3.63, 3.8) is 0 Å². The largest absolute Gasteiger partial charge is 0.495 e. The monoisotopic (exact) mass is 218 g/mol. The molecule has 4 heteroatoms. The van der Waals surface area contributed by atoms with Gasteiger partial charge >= 0.3 is 0 Å². The Kier molecular flexibility index (Phi) is 2.56. The topological polar surface area (TPSA) is 54.1 Å². The van der Waals surface area contributed by atoms with Crippen LogP contribution in [0.2, 0.25) is 0 Å². The van der Waals surface area contributed by atoms with Gasteiger partial charge in [0, 0.05) is 18.1 Å². The van der Waals surface area contributed by atoms with E-state index in [0.29, 0.717) is 5.56 Å². The number of nitrogens with one attached hydrogen (secondary N) is 2. The summed E-state index contributed by atoms with van der Waals surface area (Å²) in [5.41, 5.74) is 2.39. The molecule has 2 N–H and O–H groups in total. The van der Waals surface area contributed by atoms with Crippen LogP contribution in [0.15, 0.2) is 18.2 Å². The summed E-state index contributed by atoms with van der Waals surface area (Å²) in [7, 11) is 3.24. The predicted octanol–water partition coefficient (Wildman–Crippen LogP) is 1.84. The van der Waals surface area contributed by atoms with E-state index in [-0.39, 0.29) is 5.91 Å². The highest BCUT2D eigenvalue weighted by Crippen LogP contribution is 2.29. The van der Waals surface area contributed by atoms with E-state index in [1.54, 1.807) is 14.2 Å². The average Bonchev–Trinajstić information content (AvgIpc) is 2.63. The molecule has 84 valence electrons. The first-order valence-corrected chi connectivity index (χ1v) is 5.06. The Balaban J connectivity index is 2.76. The number of carbonyl (C=O) groups excluding carboxylic acids is 1. The molecule has 0 fully saturated rings. The maximum absolute atomic E-state index is 11.7. The number of H-pyrrole nitrogens is 1. The van der Waals surface area contributed by atoms with Crippen LogP contribution in [-0.4, -0.2) is 25.0 Å². The summed E-state index contributed by atoms with van der Waals surface area (Å²) in [6.07, 6.45) is 0. The zero-order valence-corrected chi connectivity index (χ0v) is 9.55. The van der Waals surface area contributed by atoms with Gasteiger partial charge in [-0.15, -0.1) is 0 Å². The van der Waals surface area contributed by atoms with Gasteiger partial charge in [-0.1, -0.05) is 12.1 Å². The highest BCUT2D eigenvalue weighted by molar-refractivity contribution is 6.09. The fraction of sp³-hybridized carbons (Fsp3) is 0.250. The van der Waals surface area contributed by atoms with Gasteiger partial charge in [0.05, 0.1) is 18.2 Å². The lowest BCUT2D eigenvalue weighted by Crippen LogP contribution is -2.18. The quantitative estimate of drug-likeness (QED) is 0.808. The minimum absolute atomic E-state index is 0.0861. The highest BCUT2D eigenvalue weighted by atomic mass is 16.5. The van der Waals surface area contributed by atoms with Crippen LogP contribution in [0.4, 0.5) is 0 Å². The number of amides is 1. The summed E-state index contributed by atoms with van der Waals surface area (Å²) >= 11 is 0. The smallest absolute Gasteiger partial charge is 0.253 e. The average molecular weight is 218 g/mol. The lowest BCUT2D eigenvalue weighted by Gasteiger charge is -2.01. The lowest BCUT2D eigenvalue weighted by atomic mass is 10.1. The van der Waals surface area contributed by atoms with Crippen LogP contribution in [0.5, 0.6) is 5.75 Å². The van der Waals surface area contributed by atoms with Crippen molar-refractivity contribution in [3.05, 3.63) is 29.5 Å². The molecule has 1 aromatic heterocycles. The molecule has 1 heterocycles. The Labute approximate surface area is 93.6 Å². The molecule has 0 saturated carbocycles. The summed E-state index contributed by atoms with van der Waals surface area (Å²) in [5.74, 6) is 0.660. The van der Waals surface area contributed by atoms with Gasteiger partial charge < -0.3 is 15.0 Å². The maximum Gasteiger partial charge on any atom is 0.253 e. The van der Waals surface area contributed by atoms with E-state index in [0.717, 1.165) is 22.3 Å². The van der Waals surface area contributed by atoms with Crippen LogP contribution in [0.1, 0.15) is 16.1 Å². The molecule has 0 aliphatic carbocycles. The van der Waals surface area contributed by atoms with E-state index in [1.165, 1.54) is 0 Å². The lowest BCUT2D eigenvalue weighted by molar-refractivity contribution is 0.0964. The Bertz CT molecular complexity index is 543. The van der Waals surface area contributed by atoms with Gasteiger partial charge in [0.15, 0.2) is 0 Å². The minimum atomic E-state index is -0.0861. The number of aromatic nitrogens is 1. The molecular weight excluding hydrogens is 204 g/mol. The third-order valence-electron chi connectivity index (χ3n) is 2.66. The van der Waals surface area contributed by atoms with Crippen molar-refractivity contribution in [1.29, 1.82) is 0 Å². The second-order valence-corrected chi connectivity index (χ2v) is 3.59. The van der Waals surface area contributed by atoms with Crippen molar-refractivity contribution in [2.24, 2.45) is 0 Å². The zero-order chi connectivity index (χ0) is 11.7. The van der Waals surface area contributed by atoms with Gasteiger partial charge in [0.1, 0.15) is 5.75 Å². The Morgan fingerprint density at radius 1 is 1.44 bits per heavy atom. The molecule has 1 amide bonds. The normalized spacial score (nSPS) is 10.4. The van der Waals surface area contributed by atoms with E-state index < -0.39 is 0 Å². The van der Waals surface area contributed by atoms with Crippen LogP contribution >= 0.6 is 0 Å². The van der Waals surface area contributed by atoms with E-state index in [1.807, 2.05) is 25.1 Å². The SMILES string of the molecule is CNC(=O)c1c(C)[nH]c2c(OC)cccc12. The number of carbonyl (C=O) groups is 1. The predicted molar refractivity (Wildman–Crippen MR) is 63.0 cm³/mol. The fourth-order valence-corrected chi connectivity index (χ4v) is 1.91. The first kappa shape index (κ1) is 10.5. The number of para-hydroxylation sites is 1. The number of benzene rings is 1. The molecule has 0 radical (unpaired) electrons. The summed E-state index contributed by atoms with van der Waals surface area (Å²) in [4.78, 5) is 14.9. The molecular formula is C12H14N2O2. The number of fused-ring (bicyclic) bond motifs is 1. The summed E-state index contributed by atoms with van der Waals surface area (Å²) in [6.45, 7) is 1.88. The second kappa shape index (κ2) is 3.89. The highest BCUT2D eigenvalue weighted by Gasteiger charge is 2.16. The van der Waals surface area contributed by atoms with E-state index in [2.05, 4.69) is 10.3 Å². The van der Waals surface area contributed by atoms with E-state index >= 15 is 0 Å². The fourth-order valence-electron chi connectivity index (χ4n) is 1.91. The van der Waals surface area contributed by atoms with Gasteiger partial charge in [-0.3, -0.25) is 4.79 Å². The third kappa shape index (κ3) is 1.43. The van der Waals surface area contributed by atoms with E-state index in [9.17, 15) is 4.79 Å². The van der Waals surface area contributed by atoms with Crippen molar-refractivity contribution in [1.82, 2.24) is 10.3 Å². The second-order valence-electron chi connectivity index (χ2n) is 3.59. The van der Waals surface area contributed by atoms with Crippen LogP contribution in [-0.2, 0) is 0 Å². The summed E-state index contributed by atoms with van der Waals surface area (Å²) in [5, 5.41) is 3.52. The van der Waals surface area contributed by atoms with Gasteiger partial charge in [-0.05, 0) is 13.0 Å². The summed E-state index contributed by atoms with van der Waals surface area (Å²) < 4.78 is 5.25. The molecule has 0 aliphatic heterocycles. The number of aromatic amines is 1. The molecule has 2 aromatic rings. The first-order valence-electron chi connectivity index (χ1n) is 5.06. The van der Waals surface area contributed by atoms with Crippen molar-refractivity contribution < 1.29 is 9.53 Å². The molecule has 0 spiro atoms. The molecule has 0 aliphatic rings. The van der Waals surface area contributed by atoms with Crippen molar-refractivity contribution in [3.8, 4) is 5.75 Å². The molecule has 2 rings (SSSR count). The Morgan fingerprint density at radius 3 is 2.81 bits per heavy atom. The third-order valence-corrected chi connectivity index (χ3v) is 2.66. The van der Waals surface area contributed by atoms with Crippen LogP contribution in [0.3, 0.4) is 0 Å². The maximum atomic E-state index is 11.7. The molecule has 0 atom stereocenters. The van der Waals surface area contributed by atoms with Crippen molar-refractivity contribution in [2.45, 2.75) is 6.92 Å². The number of rotatable bonds is 2. The Morgan fingerprint density at radius 2 is 2.19 bits per heavy atom. The number of hydrogen-bond donors (Lipinski definition) is 2.